The predicted octanol–water partition coefficient (Wildman–Crippen LogP) is 2.51. The van der Waals surface area contributed by atoms with Crippen molar-refractivity contribution in [3.63, 3.8) is 0 Å². The van der Waals surface area contributed by atoms with Gasteiger partial charge >= 0.3 is 0 Å². The maximum absolute atomic E-state index is 12.3. The number of rotatable bonds is 8. The maximum atomic E-state index is 12.3. The fourth-order valence-corrected chi connectivity index (χ4v) is 2.60. The van der Waals surface area contributed by atoms with Crippen molar-refractivity contribution in [1.29, 1.82) is 0 Å². The van der Waals surface area contributed by atoms with Crippen LogP contribution in [0.15, 0.2) is 24.3 Å². The summed E-state index contributed by atoms with van der Waals surface area (Å²) in [7, 11) is 0. The van der Waals surface area contributed by atoms with Crippen molar-refractivity contribution in [2.75, 3.05) is 26.2 Å². The van der Waals surface area contributed by atoms with Crippen molar-refractivity contribution in [2.45, 2.75) is 40.5 Å². The van der Waals surface area contributed by atoms with Crippen molar-refractivity contribution in [3.05, 3.63) is 35.4 Å². The van der Waals surface area contributed by atoms with E-state index in [0.717, 1.165) is 37.3 Å². The molecule has 0 radical (unpaired) electrons. The highest BCUT2D eigenvalue weighted by molar-refractivity contribution is 5.82. The Labute approximate surface area is 134 Å². The Kier molecular flexibility index (Phi) is 7.64. The first-order chi connectivity index (χ1) is 10.6. The number of benzene rings is 1. The van der Waals surface area contributed by atoms with Gasteiger partial charge in [0.1, 0.15) is 0 Å². The van der Waals surface area contributed by atoms with E-state index in [-0.39, 0.29) is 11.8 Å². The molecule has 0 aliphatic heterocycles. The summed E-state index contributed by atoms with van der Waals surface area (Å²) in [6, 6.07) is 7.75. The summed E-state index contributed by atoms with van der Waals surface area (Å²) in [6.07, 6.45) is 0.729. The molecule has 22 heavy (non-hydrogen) atoms. The Hall–Kier alpha value is -1.84. The number of hydrogen-bond donors (Lipinski definition) is 0. The van der Waals surface area contributed by atoms with Gasteiger partial charge in [0.2, 0.25) is 11.8 Å². The number of amides is 2. The largest absolute Gasteiger partial charge is 0.343 e. The smallest absolute Gasteiger partial charge is 0.226 e. The second-order valence-electron chi connectivity index (χ2n) is 5.25. The van der Waals surface area contributed by atoms with Gasteiger partial charge in [-0.05, 0) is 38.8 Å². The first-order valence-corrected chi connectivity index (χ1v) is 8.19. The molecule has 1 aromatic carbocycles. The molecule has 122 valence electrons. The zero-order valence-corrected chi connectivity index (χ0v) is 14.3. The molecule has 0 N–H and O–H groups in total. The molecule has 2 amide bonds. The highest BCUT2D eigenvalue weighted by Gasteiger charge is 2.16. The molecular formula is C18H28N2O2. The van der Waals surface area contributed by atoms with Gasteiger partial charge in [-0.2, -0.15) is 0 Å². The van der Waals surface area contributed by atoms with Gasteiger partial charge in [-0.25, -0.2) is 0 Å². The first kappa shape index (κ1) is 18.2. The monoisotopic (exact) mass is 304 g/mol. The van der Waals surface area contributed by atoms with E-state index >= 15 is 0 Å². The molecule has 0 spiro atoms. The Balaban J connectivity index is 2.86. The molecule has 4 nitrogen and oxygen atoms in total. The molecule has 1 aromatic rings. The van der Waals surface area contributed by atoms with Crippen LogP contribution in [0.5, 0.6) is 0 Å². The highest BCUT2D eigenvalue weighted by Crippen LogP contribution is 2.13. The van der Waals surface area contributed by atoms with E-state index in [2.05, 4.69) is 0 Å². The van der Waals surface area contributed by atoms with E-state index in [9.17, 15) is 9.59 Å². The number of hydrogen-bond acceptors (Lipinski definition) is 2. The summed E-state index contributed by atoms with van der Waals surface area (Å²) in [4.78, 5) is 28.2. The summed E-state index contributed by atoms with van der Waals surface area (Å²) in [5, 5.41) is 0. The molecule has 0 aromatic heterocycles. The minimum Gasteiger partial charge on any atom is -0.343 e. The number of carbonyl (C=O) groups is 2. The van der Waals surface area contributed by atoms with Crippen LogP contribution in [0.1, 0.15) is 38.8 Å². The normalized spacial score (nSPS) is 10.4. The van der Waals surface area contributed by atoms with Crippen molar-refractivity contribution < 1.29 is 9.59 Å². The summed E-state index contributed by atoms with van der Waals surface area (Å²) in [6.45, 7) is 10.8. The van der Waals surface area contributed by atoms with Crippen LogP contribution in [0.4, 0.5) is 0 Å². The topological polar surface area (TPSA) is 40.6 Å². The number of carbonyl (C=O) groups excluding carboxylic acids is 2. The average Bonchev–Trinajstić information content (AvgIpc) is 2.51. The van der Waals surface area contributed by atoms with Gasteiger partial charge in [0, 0.05) is 26.2 Å². The summed E-state index contributed by atoms with van der Waals surface area (Å²) < 4.78 is 0. The van der Waals surface area contributed by atoms with Crippen LogP contribution in [-0.4, -0.2) is 47.8 Å². The van der Waals surface area contributed by atoms with Gasteiger partial charge in [-0.1, -0.05) is 24.3 Å². The SMILES string of the molecule is CCN(CC)C(=O)Cc1ccccc1CC(=O)N(CC)CC. The number of nitrogens with zero attached hydrogens (tertiary/aromatic N) is 2. The van der Waals surface area contributed by atoms with Crippen LogP contribution in [0.2, 0.25) is 0 Å². The molecule has 0 saturated heterocycles. The Morgan fingerprint density at radius 1 is 0.727 bits per heavy atom. The van der Waals surface area contributed by atoms with Crippen LogP contribution < -0.4 is 0 Å². The third-order valence-corrected chi connectivity index (χ3v) is 4.03. The minimum atomic E-state index is 0.118. The van der Waals surface area contributed by atoms with Gasteiger partial charge in [-0.3, -0.25) is 9.59 Å². The second kappa shape index (κ2) is 9.23. The fourth-order valence-electron chi connectivity index (χ4n) is 2.60. The molecule has 0 fully saturated rings. The van der Waals surface area contributed by atoms with Crippen LogP contribution in [0.3, 0.4) is 0 Å². The standard InChI is InChI=1S/C18H28N2O2/c1-5-19(6-2)17(21)13-15-11-9-10-12-16(15)14-18(22)20(7-3)8-4/h9-12H,5-8,13-14H2,1-4H3. The van der Waals surface area contributed by atoms with Crippen molar-refractivity contribution in [1.82, 2.24) is 9.80 Å². The van der Waals surface area contributed by atoms with Crippen molar-refractivity contribution >= 4 is 11.8 Å². The van der Waals surface area contributed by atoms with E-state index in [0.29, 0.717) is 12.8 Å². The first-order valence-electron chi connectivity index (χ1n) is 8.19. The van der Waals surface area contributed by atoms with Crippen LogP contribution in [0, 0.1) is 0 Å². The Morgan fingerprint density at radius 3 is 1.32 bits per heavy atom. The summed E-state index contributed by atoms with van der Waals surface area (Å²) in [5.74, 6) is 0.237. The molecule has 4 heteroatoms. The average molecular weight is 304 g/mol. The van der Waals surface area contributed by atoms with E-state index < -0.39 is 0 Å². The van der Waals surface area contributed by atoms with Gasteiger partial charge in [0.25, 0.3) is 0 Å². The fraction of sp³-hybridized carbons (Fsp3) is 0.556. The molecule has 0 aliphatic carbocycles. The quantitative estimate of drug-likeness (QED) is 0.740. The van der Waals surface area contributed by atoms with E-state index in [1.54, 1.807) is 0 Å². The highest BCUT2D eigenvalue weighted by atomic mass is 16.2. The predicted molar refractivity (Wildman–Crippen MR) is 89.7 cm³/mol. The molecule has 0 bridgehead atoms. The summed E-state index contributed by atoms with van der Waals surface area (Å²) >= 11 is 0. The third-order valence-electron chi connectivity index (χ3n) is 4.03. The van der Waals surface area contributed by atoms with Gasteiger partial charge < -0.3 is 9.80 Å². The Bertz CT molecular complexity index is 447. The molecule has 0 heterocycles. The minimum absolute atomic E-state index is 0.118. The Morgan fingerprint density at radius 2 is 1.05 bits per heavy atom. The number of likely N-dealkylation sites (N-methyl/N-ethyl adjacent to an activating group) is 2. The molecule has 0 saturated carbocycles. The molecule has 0 atom stereocenters. The zero-order chi connectivity index (χ0) is 16.5. The van der Waals surface area contributed by atoms with Crippen molar-refractivity contribution in [2.24, 2.45) is 0 Å². The van der Waals surface area contributed by atoms with Crippen LogP contribution in [-0.2, 0) is 22.4 Å². The van der Waals surface area contributed by atoms with Gasteiger partial charge in [-0.15, -0.1) is 0 Å². The molecule has 1 rings (SSSR count). The van der Waals surface area contributed by atoms with Crippen LogP contribution >= 0.6 is 0 Å². The lowest BCUT2D eigenvalue weighted by atomic mass is 10.0. The molecular weight excluding hydrogens is 276 g/mol. The second-order valence-corrected chi connectivity index (χ2v) is 5.25. The third kappa shape index (κ3) is 4.86. The van der Waals surface area contributed by atoms with Gasteiger partial charge in [0.15, 0.2) is 0 Å². The summed E-state index contributed by atoms with van der Waals surface area (Å²) in [5.41, 5.74) is 1.92. The lowest BCUT2D eigenvalue weighted by Crippen LogP contribution is -2.33. The lowest BCUT2D eigenvalue weighted by molar-refractivity contribution is -0.131. The maximum Gasteiger partial charge on any atom is 0.226 e. The lowest BCUT2D eigenvalue weighted by Gasteiger charge is -2.21. The van der Waals surface area contributed by atoms with E-state index in [4.69, 9.17) is 0 Å². The molecule has 0 aliphatic rings. The van der Waals surface area contributed by atoms with Crippen LogP contribution in [0.25, 0.3) is 0 Å². The van der Waals surface area contributed by atoms with Gasteiger partial charge in [0.05, 0.1) is 12.8 Å². The van der Waals surface area contributed by atoms with Crippen molar-refractivity contribution in [3.8, 4) is 0 Å². The molecule has 0 unspecified atom stereocenters. The van der Waals surface area contributed by atoms with E-state index in [1.165, 1.54) is 0 Å². The van der Waals surface area contributed by atoms with E-state index in [1.807, 2.05) is 61.8 Å². The zero-order valence-electron chi connectivity index (χ0n) is 14.3.